The number of hydrogen-bond acceptors (Lipinski definition) is 6. The number of alkyl halides is 3. The van der Waals surface area contributed by atoms with E-state index in [2.05, 4.69) is 89.5 Å². The molecule has 0 saturated heterocycles. The average Bonchev–Trinajstić information content (AvgIpc) is 3.45. The number of fused-ring (bicyclic) bond motifs is 8. The van der Waals surface area contributed by atoms with Crippen LogP contribution in [0.5, 0.6) is 0 Å². The number of allylic oxidation sites excluding steroid dienone is 2. The molecule has 1 atom stereocenters. The Kier molecular flexibility index (Phi) is 9.33. The first-order chi connectivity index (χ1) is 27.7. The van der Waals surface area contributed by atoms with Gasteiger partial charge < -0.3 is 24.4 Å². The van der Waals surface area contributed by atoms with Gasteiger partial charge in [0.05, 0.1) is 28.3 Å². The van der Waals surface area contributed by atoms with E-state index in [0.717, 1.165) is 55.2 Å². The lowest BCUT2D eigenvalue weighted by Gasteiger charge is -2.54. The number of carbonyl (C=O) groups is 2. The number of nitrogens with one attached hydrogen (secondary N) is 1. The molecule has 5 heterocycles. The van der Waals surface area contributed by atoms with Crippen molar-refractivity contribution in [1.82, 2.24) is 5.32 Å². The summed E-state index contributed by atoms with van der Waals surface area (Å²) in [5, 5.41) is 3.00. The van der Waals surface area contributed by atoms with E-state index >= 15 is 0 Å². The molecule has 9 rings (SSSR count). The maximum atomic E-state index is 14.6. The van der Waals surface area contributed by atoms with Gasteiger partial charge in [0.2, 0.25) is 0 Å². The first-order valence-electron chi connectivity index (χ1n) is 20.9. The van der Waals surface area contributed by atoms with Crippen LogP contribution in [0.3, 0.4) is 0 Å². The Morgan fingerprint density at radius 2 is 1.39 bits per heavy atom. The second kappa shape index (κ2) is 13.6. The van der Waals surface area contributed by atoms with Gasteiger partial charge in [0.1, 0.15) is 0 Å². The van der Waals surface area contributed by atoms with Crippen LogP contribution in [0, 0.1) is 0 Å². The van der Waals surface area contributed by atoms with Crippen molar-refractivity contribution in [3.05, 3.63) is 97.1 Å². The fourth-order valence-electron chi connectivity index (χ4n) is 11.5. The second-order valence-corrected chi connectivity index (χ2v) is 20.3. The fraction of sp³-hybridized carbons (Fsp3) is 0.489. The van der Waals surface area contributed by atoms with E-state index in [1.807, 2.05) is 11.4 Å². The molecule has 312 valence electrons. The summed E-state index contributed by atoms with van der Waals surface area (Å²) >= 11 is 7.13. The Labute approximate surface area is 351 Å². The molecule has 3 aromatic rings. The number of rotatable bonds is 7. The van der Waals surface area contributed by atoms with Crippen molar-refractivity contribution in [2.24, 2.45) is 0 Å². The van der Waals surface area contributed by atoms with Crippen molar-refractivity contribution in [2.75, 3.05) is 36.0 Å². The number of hydrogen-bond donors (Lipinski definition) is 1. The number of unbranched alkanes of at least 4 members (excludes halogenated alkanes) is 1. The van der Waals surface area contributed by atoms with Crippen molar-refractivity contribution in [1.29, 1.82) is 0 Å². The Balaban J connectivity index is 1.24. The number of nitrogens with zero attached hydrogens (tertiary/aromatic N) is 2. The van der Waals surface area contributed by atoms with E-state index in [9.17, 15) is 22.8 Å². The molecule has 12 heteroatoms. The summed E-state index contributed by atoms with van der Waals surface area (Å²) in [5.74, 6) is -2.40. The maximum Gasteiger partial charge on any atom is 0.471 e. The lowest BCUT2D eigenvalue weighted by molar-refractivity contribution is -0.173. The summed E-state index contributed by atoms with van der Waals surface area (Å²) in [6.45, 7) is 20.4. The topological polar surface area (TPSA) is 71.1 Å². The maximum absolute atomic E-state index is 14.6. The number of amides is 1. The van der Waals surface area contributed by atoms with Gasteiger partial charge in [0.25, 0.3) is 0 Å². The summed E-state index contributed by atoms with van der Waals surface area (Å²) in [5.41, 5.74) is 13.4. The number of carbonyl (C=O) groups excluding carboxylic acids is 2. The molecule has 0 aromatic heterocycles. The highest BCUT2D eigenvalue weighted by atomic mass is 35.5. The van der Waals surface area contributed by atoms with E-state index in [0.29, 0.717) is 29.0 Å². The van der Waals surface area contributed by atoms with Crippen LogP contribution in [-0.4, -0.2) is 55.4 Å². The van der Waals surface area contributed by atoms with Gasteiger partial charge in [-0.3, -0.25) is 4.79 Å². The molecule has 59 heavy (non-hydrogen) atoms. The highest BCUT2D eigenvalue weighted by molar-refractivity contribution is 7.42. The molecule has 0 bridgehead atoms. The van der Waals surface area contributed by atoms with Crippen LogP contribution < -0.4 is 20.4 Å². The first-order valence-corrected chi connectivity index (χ1v) is 22.2. The molecule has 1 spiro atoms. The molecule has 0 fully saturated rings. The Hall–Kier alpha value is -3.85. The summed E-state index contributed by atoms with van der Waals surface area (Å²) in [4.78, 5) is 30.9. The largest absolute Gasteiger partial charge is 0.471 e. The predicted octanol–water partition coefficient (Wildman–Crippen LogP) is 10.0. The molecular formula is C47H52ClF3N3O4P. The van der Waals surface area contributed by atoms with Crippen molar-refractivity contribution < 1.29 is 32.0 Å². The number of ether oxygens (including phenoxy) is 1. The van der Waals surface area contributed by atoms with Crippen LogP contribution in [-0.2, 0) is 37.9 Å². The Morgan fingerprint density at radius 1 is 0.847 bits per heavy atom. The number of benzene rings is 3. The first kappa shape index (κ1) is 40.6. The van der Waals surface area contributed by atoms with Gasteiger partial charge in [-0.15, -0.1) is 0 Å². The molecule has 1 unspecified atom stereocenters. The minimum Gasteiger partial charge on any atom is -0.441 e. The lowest BCUT2D eigenvalue weighted by atomic mass is 9.57. The van der Waals surface area contributed by atoms with Crippen molar-refractivity contribution in [3.8, 4) is 0 Å². The third kappa shape index (κ3) is 5.96. The van der Waals surface area contributed by atoms with Crippen LogP contribution in [0.15, 0.2) is 36.4 Å². The summed E-state index contributed by atoms with van der Waals surface area (Å²) in [7, 11) is -0.148. The molecule has 0 radical (unpaired) electrons. The highest BCUT2D eigenvalue weighted by Gasteiger charge is 2.59. The number of halogens is 4. The van der Waals surface area contributed by atoms with E-state index < -0.39 is 29.1 Å². The molecule has 5 aliphatic heterocycles. The molecule has 1 amide bonds. The third-order valence-corrected chi connectivity index (χ3v) is 14.8. The molecule has 3 aromatic carbocycles. The van der Waals surface area contributed by atoms with Gasteiger partial charge >= 0.3 is 18.1 Å². The zero-order valence-electron chi connectivity index (χ0n) is 35.1. The standard InChI is InChI=1S/C47H52ClF3N3O4P/c1-25-23-43(3,4)53-16-11-13-28-37-33(21-30(25)39(28)53)46(34-22-31-26(2)24-44(5,6)54-17-12-14-29(40(31)54)38(34)45(37,7)8)32-19-27(20-35(48)36(32)41(55)58-46)59-57-18-10-9-15-52-42(56)47(49,50)51/h19-24,59H,9-18H2,1-8H3,(H,52,56). The molecule has 7 nitrogen and oxygen atoms in total. The van der Waals surface area contributed by atoms with Gasteiger partial charge in [-0.2, -0.15) is 13.2 Å². The second-order valence-electron chi connectivity index (χ2n) is 18.8. The third-order valence-electron chi connectivity index (χ3n) is 13.7. The minimum absolute atomic E-state index is 0.0994. The lowest BCUT2D eigenvalue weighted by Crippen LogP contribution is -2.51. The zero-order chi connectivity index (χ0) is 42.2. The van der Waals surface area contributed by atoms with Crippen LogP contribution in [0.2, 0.25) is 5.02 Å². The molecule has 1 aliphatic carbocycles. The van der Waals surface area contributed by atoms with E-state index in [4.69, 9.17) is 20.9 Å². The predicted molar refractivity (Wildman–Crippen MR) is 231 cm³/mol. The fourth-order valence-corrected chi connectivity index (χ4v) is 12.7. The number of esters is 1. The van der Waals surface area contributed by atoms with Gasteiger partial charge in [-0.25, -0.2) is 4.79 Å². The van der Waals surface area contributed by atoms with Crippen molar-refractivity contribution in [2.45, 2.75) is 122 Å². The average molecular weight is 846 g/mol. The summed E-state index contributed by atoms with van der Waals surface area (Å²) in [6, 6.07) is 8.44. The SMILES string of the molecule is CC1=CC(C)(C)N2CCCc3c2c1cc1c3C(C)(C)c2c(cc3c4c2CCCN4C(C)(C)C=C3C)C12OC(=O)c1c(Cl)cc(POCCCCNC(=O)C(F)(F)F)cc12. The van der Waals surface area contributed by atoms with Gasteiger partial charge in [-0.05, 0) is 138 Å². The molecular weight excluding hydrogens is 794 g/mol. The normalized spacial score (nSPS) is 21.0. The molecule has 1 N–H and O–H groups in total. The smallest absolute Gasteiger partial charge is 0.441 e. The monoisotopic (exact) mass is 845 g/mol. The Morgan fingerprint density at radius 3 is 1.92 bits per heavy atom. The van der Waals surface area contributed by atoms with Crippen molar-refractivity contribution in [3.63, 3.8) is 0 Å². The quantitative estimate of drug-likeness (QED) is 0.145. The van der Waals surface area contributed by atoms with Crippen molar-refractivity contribution >= 4 is 60.1 Å². The van der Waals surface area contributed by atoms with E-state index in [-0.39, 0.29) is 33.0 Å². The van der Waals surface area contributed by atoms with Crippen LogP contribution in [0.1, 0.15) is 142 Å². The summed E-state index contributed by atoms with van der Waals surface area (Å²) < 4.78 is 51.0. The van der Waals surface area contributed by atoms with Gasteiger partial charge in [0.15, 0.2) is 5.60 Å². The van der Waals surface area contributed by atoms with Crippen LogP contribution >= 0.6 is 20.4 Å². The number of anilines is 2. The zero-order valence-corrected chi connectivity index (χ0v) is 36.8. The molecule has 0 saturated carbocycles. The van der Waals surface area contributed by atoms with Crippen LogP contribution in [0.25, 0.3) is 11.1 Å². The van der Waals surface area contributed by atoms with Gasteiger partial charge in [0, 0.05) is 78.4 Å². The minimum atomic E-state index is -4.91. The van der Waals surface area contributed by atoms with Crippen LogP contribution in [0.4, 0.5) is 24.5 Å². The van der Waals surface area contributed by atoms with Gasteiger partial charge in [-0.1, -0.05) is 37.6 Å². The molecule has 6 aliphatic rings. The van der Waals surface area contributed by atoms with E-state index in [1.54, 1.807) is 6.07 Å². The van der Waals surface area contributed by atoms with E-state index in [1.165, 1.54) is 55.9 Å². The highest BCUT2D eigenvalue weighted by Crippen LogP contribution is 2.64. The summed E-state index contributed by atoms with van der Waals surface area (Å²) in [6.07, 6.45) is 4.45. The Bertz CT molecular complexity index is 2330.